The fourth-order valence-corrected chi connectivity index (χ4v) is 2.16. The summed E-state index contributed by atoms with van der Waals surface area (Å²) in [6.45, 7) is 1.11. The summed E-state index contributed by atoms with van der Waals surface area (Å²) in [5.74, 6) is -0.958. The predicted molar refractivity (Wildman–Crippen MR) is 67.7 cm³/mol. The smallest absolute Gasteiger partial charge is 0.335 e. The molecule has 96 valence electrons. The van der Waals surface area contributed by atoms with Crippen LogP contribution in [0.2, 0.25) is 0 Å². The Morgan fingerprint density at radius 2 is 2.17 bits per heavy atom. The van der Waals surface area contributed by atoms with Gasteiger partial charge in [0.15, 0.2) is 0 Å². The van der Waals surface area contributed by atoms with Crippen LogP contribution in [-0.4, -0.2) is 30.1 Å². The van der Waals surface area contributed by atoms with E-state index in [0.29, 0.717) is 25.9 Å². The molecule has 5 nitrogen and oxygen atoms in total. The Balaban J connectivity index is 2.23. The van der Waals surface area contributed by atoms with Gasteiger partial charge in [0.1, 0.15) is 0 Å². The number of carbonyl (C=O) groups is 2. The van der Waals surface area contributed by atoms with Gasteiger partial charge in [-0.25, -0.2) is 4.79 Å². The lowest BCUT2D eigenvalue weighted by atomic mass is 10.1. The number of benzene rings is 1. The maximum atomic E-state index is 12.0. The van der Waals surface area contributed by atoms with Crippen molar-refractivity contribution in [2.45, 2.75) is 19.3 Å². The van der Waals surface area contributed by atoms with Gasteiger partial charge in [0.25, 0.3) is 0 Å². The van der Waals surface area contributed by atoms with Crippen LogP contribution in [-0.2, 0) is 11.2 Å². The fraction of sp³-hybridized carbons (Fsp3) is 0.385. The van der Waals surface area contributed by atoms with Crippen molar-refractivity contribution in [2.75, 3.05) is 18.0 Å². The van der Waals surface area contributed by atoms with E-state index >= 15 is 0 Å². The van der Waals surface area contributed by atoms with Gasteiger partial charge in [-0.1, -0.05) is 6.07 Å². The second-order valence-electron chi connectivity index (χ2n) is 4.34. The van der Waals surface area contributed by atoms with Gasteiger partial charge < -0.3 is 15.7 Å². The van der Waals surface area contributed by atoms with Crippen LogP contribution in [0.4, 0.5) is 5.69 Å². The van der Waals surface area contributed by atoms with Gasteiger partial charge in [-0.3, -0.25) is 4.79 Å². The predicted octanol–water partition coefficient (Wildman–Crippen LogP) is 1.01. The molecule has 1 aromatic rings. The molecule has 1 aliphatic heterocycles. The molecular weight excluding hydrogens is 232 g/mol. The lowest BCUT2D eigenvalue weighted by molar-refractivity contribution is -0.118. The second-order valence-corrected chi connectivity index (χ2v) is 4.34. The third-order valence-electron chi connectivity index (χ3n) is 3.12. The first kappa shape index (κ1) is 12.6. The number of hydrogen-bond donors (Lipinski definition) is 2. The molecule has 2 rings (SSSR count). The van der Waals surface area contributed by atoms with Gasteiger partial charge >= 0.3 is 5.97 Å². The van der Waals surface area contributed by atoms with Crippen LogP contribution < -0.4 is 10.6 Å². The zero-order valence-corrected chi connectivity index (χ0v) is 10.1. The van der Waals surface area contributed by atoms with Gasteiger partial charge in [-0.15, -0.1) is 0 Å². The molecule has 1 aromatic carbocycles. The minimum atomic E-state index is -0.973. The topological polar surface area (TPSA) is 83.6 Å². The lowest BCUT2D eigenvalue weighted by Crippen LogP contribution is -2.29. The van der Waals surface area contributed by atoms with Crippen molar-refractivity contribution in [3.63, 3.8) is 0 Å². The maximum Gasteiger partial charge on any atom is 0.335 e. The highest BCUT2D eigenvalue weighted by Gasteiger charge is 2.25. The Kier molecular flexibility index (Phi) is 3.62. The second kappa shape index (κ2) is 5.18. The number of carbonyl (C=O) groups excluding carboxylic acids is 1. The fourth-order valence-electron chi connectivity index (χ4n) is 2.16. The standard InChI is InChI=1S/C13H16N2O3/c14-6-1-2-12(16)15-7-5-9-3-4-10(13(17)18)8-11(9)15/h3-4,8H,1-2,5-7,14H2,(H,17,18). The van der Waals surface area contributed by atoms with Crippen molar-refractivity contribution < 1.29 is 14.7 Å². The van der Waals surface area contributed by atoms with Crippen LogP contribution in [0, 0.1) is 0 Å². The third kappa shape index (κ3) is 2.36. The van der Waals surface area contributed by atoms with Gasteiger partial charge in [-0.05, 0) is 37.1 Å². The first-order valence-corrected chi connectivity index (χ1v) is 6.00. The molecule has 3 N–H and O–H groups in total. The van der Waals surface area contributed by atoms with Crippen LogP contribution >= 0.6 is 0 Å². The third-order valence-corrected chi connectivity index (χ3v) is 3.12. The van der Waals surface area contributed by atoms with Crippen LogP contribution in [0.25, 0.3) is 0 Å². The Morgan fingerprint density at radius 3 is 2.83 bits per heavy atom. The summed E-state index contributed by atoms with van der Waals surface area (Å²) in [6, 6.07) is 4.94. The largest absolute Gasteiger partial charge is 0.478 e. The summed E-state index contributed by atoms with van der Waals surface area (Å²) in [5.41, 5.74) is 7.36. The molecule has 1 aliphatic rings. The summed E-state index contributed by atoms with van der Waals surface area (Å²) >= 11 is 0. The number of fused-ring (bicyclic) bond motifs is 1. The summed E-state index contributed by atoms with van der Waals surface area (Å²) in [6.07, 6.45) is 1.85. The summed E-state index contributed by atoms with van der Waals surface area (Å²) < 4.78 is 0. The van der Waals surface area contributed by atoms with Crippen molar-refractivity contribution in [1.82, 2.24) is 0 Å². The average Bonchev–Trinajstić information content (AvgIpc) is 2.78. The van der Waals surface area contributed by atoms with E-state index in [2.05, 4.69) is 0 Å². The Morgan fingerprint density at radius 1 is 1.39 bits per heavy atom. The zero-order chi connectivity index (χ0) is 13.1. The zero-order valence-electron chi connectivity index (χ0n) is 10.1. The Labute approximate surface area is 105 Å². The van der Waals surface area contributed by atoms with Crippen LogP contribution in [0.15, 0.2) is 18.2 Å². The number of carboxylic acid groups (broad SMARTS) is 1. The van der Waals surface area contributed by atoms with E-state index in [1.807, 2.05) is 0 Å². The summed E-state index contributed by atoms with van der Waals surface area (Å²) in [7, 11) is 0. The van der Waals surface area contributed by atoms with Gasteiger partial charge in [0.05, 0.1) is 5.56 Å². The van der Waals surface area contributed by atoms with Crippen molar-refractivity contribution in [1.29, 1.82) is 0 Å². The number of aromatic carboxylic acids is 1. The molecule has 0 bridgehead atoms. The molecular formula is C13H16N2O3. The molecule has 0 atom stereocenters. The molecule has 5 heteroatoms. The number of carboxylic acids is 1. The van der Waals surface area contributed by atoms with Gasteiger partial charge in [-0.2, -0.15) is 0 Å². The molecule has 0 radical (unpaired) electrons. The molecule has 0 saturated heterocycles. The van der Waals surface area contributed by atoms with Gasteiger partial charge in [0.2, 0.25) is 5.91 Å². The first-order valence-electron chi connectivity index (χ1n) is 6.00. The lowest BCUT2D eigenvalue weighted by Gasteiger charge is -2.17. The van der Waals surface area contributed by atoms with Crippen LogP contribution in [0.1, 0.15) is 28.8 Å². The minimum Gasteiger partial charge on any atom is -0.478 e. The highest BCUT2D eigenvalue weighted by atomic mass is 16.4. The maximum absolute atomic E-state index is 12.0. The van der Waals surface area contributed by atoms with E-state index in [9.17, 15) is 9.59 Å². The minimum absolute atomic E-state index is 0.0155. The molecule has 0 spiro atoms. The van der Waals surface area contributed by atoms with E-state index in [0.717, 1.165) is 17.7 Å². The number of rotatable bonds is 4. The summed E-state index contributed by atoms with van der Waals surface area (Å²) in [4.78, 5) is 24.6. The molecule has 0 fully saturated rings. The number of hydrogen-bond acceptors (Lipinski definition) is 3. The van der Waals surface area contributed by atoms with Crippen molar-refractivity contribution in [3.05, 3.63) is 29.3 Å². The van der Waals surface area contributed by atoms with E-state index in [1.165, 1.54) is 0 Å². The molecule has 0 unspecified atom stereocenters. The quantitative estimate of drug-likeness (QED) is 0.833. The first-order chi connectivity index (χ1) is 8.63. The van der Waals surface area contributed by atoms with E-state index in [-0.39, 0.29) is 11.5 Å². The number of amides is 1. The SMILES string of the molecule is NCCCC(=O)N1CCc2ccc(C(=O)O)cc21. The van der Waals surface area contributed by atoms with E-state index < -0.39 is 5.97 Å². The highest BCUT2D eigenvalue weighted by Crippen LogP contribution is 2.29. The molecule has 0 aromatic heterocycles. The van der Waals surface area contributed by atoms with Crippen molar-refractivity contribution >= 4 is 17.6 Å². The molecule has 0 saturated carbocycles. The Bertz CT molecular complexity index is 485. The number of nitrogens with zero attached hydrogens (tertiary/aromatic N) is 1. The highest BCUT2D eigenvalue weighted by molar-refractivity contribution is 5.97. The number of nitrogens with two attached hydrogens (primary N) is 1. The van der Waals surface area contributed by atoms with E-state index in [4.69, 9.17) is 10.8 Å². The van der Waals surface area contributed by atoms with Crippen molar-refractivity contribution in [2.24, 2.45) is 5.73 Å². The normalized spacial score (nSPS) is 13.5. The molecule has 18 heavy (non-hydrogen) atoms. The van der Waals surface area contributed by atoms with Crippen LogP contribution in [0.3, 0.4) is 0 Å². The van der Waals surface area contributed by atoms with Crippen molar-refractivity contribution in [3.8, 4) is 0 Å². The summed E-state index contributed by atoms with van der Waals surface area (Å²) in [5, 5.41) is 8.96. The van der Waals surface area contributed by atoms with Gasteiger partial charge in [0, 0.05) is 18.7 Å². The molecule has 0 aliphatic carbocycles. The molecule has 1 heterocycles. The average molecular weight is 248 g/mol. The van der Waals surface area contributed by atoms with Crippen LogP contribution in [0.5, 0.6) is 0 Å². The number of anilines is 1. The van der Waals surface area contributed by atoms with E-state index in [1.54, 1.807) is 23.1 Å². The molecule has 1 amide bonds. The Hall–Kier alpha value is -1.88. The monoisotopic (exact) mass is 248 g/mol.